The molecule has 0 saturated heterocycles. The lowest BCUT2D eigenvalue weighted by Crippen LogP contribution is -2.64. The van der Waals surface area contributed by atoms with Gasteiger partial charge in [0, 0.05) is 18.5 Å². The van der Waals surface area contributed by atoms with Crippen molar-refractivity contribution in [2.75, 3.05) is 7.05 Å². The number of amides is 2. The molecule has 10 heteroatoms. The number of hydrogen-bond acceptors (Lipinski definition) is 4. The summed E-state index contributed by atoms with van der Waals surface area (Å²) >= 11 is 0. The topological polar surface area (TPSA) is 110 Å². The van der Waals surface area contributed by atoms with Gasteiger partial charge in [-0.3, -0.25) is 9.59 Å². The van der Waals surface area contributed by atoms with E-state index in [9.17, 15) is 26.8 Å². The fraction of sp³-hybridized carbons (Fsp3) is 0.636. The van der Waals surface area contributed by atoms with Crippen LogP contribution in [0, 0.1) is 34.8 Å². The lowest BCUT2D eigenvalue weighted by atomic mass is 9.47. The normalized spacial score (nSPS) is 34.5. The Bertz CT molecular complexity index is 1090. The molecule has 32 heavy (non-hydrogen) atoms. The van der Waals surface area contributed by atoms with Gasteiger partial charge in [-0.15, -0.1) is 0 Å². The first-order valence-electron chi connectivity index (χ1n) is 11.0. The minimum atomic E-state index is -4.42. The third kappa shape index (κ3) is 3.02. The molecular weight excluding hydrogens is 440 g/mol. The third-order valence-electron chi connectivity index (χ3n) is 8.40. The number of halogens is 2. The molecule has 5 fully saturated rings. The number of sulfonamides is 1. The van der Waals surface area contributed by atoms with Crippen molar-refractivity contribution in [3.63, 3.8) is 0 Å². The van der Waals surface area contributed by atoms with E-state index in [1.165, 1.54) is 7.05 Å². The molecule has 0 heterocycles. The van der Waals surface area contributed by atoms with Crippen LogP contribution in [0.1, 0.15) is 44.9 Å². The van der Waals surface area contributed by atoms with Gasteiger partial charge in [-0.1, -0.05) is 6.07 Å². The number of hydrogen-bond donors (Lipinski definition) is 2. The van der Waals surface area contributed by atoms with Crippen LogP contribution in [0.5, 0.6) is 0 Å². The summed E-state index contributed by atoms with van der Waals surface area (Å²) in [6.45, 7) is 0. The van der Waals surface area contributed by atoms with Gasteiger partial charge in [-0.25, -0.2) is 17.2 Å². The van der Waals surface area contributed by atoms with Crippen molar-refractivity contribution in [3.8, 4) is 0 Å². The molecular formula is C22H27F2N3O4S. The van der Waals surface area contributed by atoms with E-state index >= 15 is 0 Å². The number of benzene rings is 1. The second-order valence-electron chi connectivity index (χ2n) is 10.2. The molecule has 4 bridgehead atoms. The zero-order valence-corrected chi connectivity index (χ0v) is 18.6. The molecule has 0 aromatic heterocycles. The van der Waals surface area contributed by atoms with Crippen molar-refractivity contribution in [1.82, 2.24) is 9.62 Å². The average molecular weight is 468 g/mol. The predicted molar refractivity (Wildman–Crippen MR) is 110 cm³/mol. The lowest BCUT2D eigenvalue weighted by molar-refractivity contribution is -0.148. The van der Waals surface area contributed by atoms with Crippen LogP contribution in [0.25, 0.3) is 0 Å². The van der Waals surface area contributed by atoms with Crippen molar-refractivity contribution < 1.29 is 26.8 Å². The monoisotopic (exact) mass is 467 g/mol. The van der Waals surface area contributed by atoms with E-state index in [-0.39, 0.29) is 23.8 Å². The van der Waals surface area contributed by atoms with E-state index in [0.29, 0.717) is 31.6 Å². The zero-order valence-electron chi connectivity index (χ0n) is 17.8. The fourth-order valence-corrected chi connectivity index (χ4v) is 8.31. The molecule has 5 aliphatic carbocycles. The summed E-state index contributed by atoms with van der Waals surface area (Å²) in [7, 11) is -3.18. The van der Waals surface area contributed by atoms with Gasteiger partial charge in [0.25, 0.3) is 0 Å². The van der Waals surface area contributed by atoms with E-state index in [4.69, 9.17) is 5.73 Å². The van der Waals surface area contributed by atoms with Crippen molar-refractivity contribution in [3.05, 3.63) is 29.8 Å². The van der Waals surface area contributed by atoms with Gasteiger partial charge in [0.05, 0.1) is 0 Å². The number of primary amides is 1. The highest BCUT2D eigenvalue weighted by Crippen LogP contribution is 2.60. The molecule has 2 amide bonds. The summed E-state index contributed by atoms with van der Waals surface area (Å²) in [5, 5.41) is 3.09. The van der Waals surface area contributed by atoms with E-state index in [1.807, 2.05) is 0 Å². The van der Waals surface area contributed by atoms with Crippen LogP contribution in [0.2, 0.25) is 0 Å². The molecule has 1 aromatic rings. The maximum Gasteiger partial charge on any atom is 0.246 e. The maximum absolute atomic E-state index is 14.2. The highest BCUT2D eigenvalue weighted by molar-refractivity contribution is 7.89. The van der Waals surface area contributed by atoms with E-state index in [2.05, 4.69) is 5.32 Å². The average Bonchev–Trinajstić information content (AvgIpc) is 3.53. The highest BCUT2D eigenvalue weighted by atomic mass is 32.2. The summed E-state index contributed by atoms with van der Waals surface area (Å²) < 4.78 is 54.8. The van der Waals surface area contributed by atoms with Crippen LogP contribution < -0.4 is 11.1 Å². The van der Waals surface area contributed by atoms with Gasteiger partial charge >= 0.3 is 0 Å². The molecule has 0 aliphatic heterocycles. The number of carbonyl (C=O) groups excluding carboxylic acids is 2. The minimum absolute atomic E-state index is 0.133. The second-order valence-corrected chi connectivity index (χ2v) is 12.1. The lowest BCUT2D eigenvalue weighted by Gasteiger charge is -2.59. The molecule has 5 saturated carbocycles. The van der Waals surface area contributed by atoms with Gasteiger partial charge < -0.3 is 11.1 Å². The molecule has 0 radical (unpaired) electrons. The Labute approximate surface area is 185 Å². The number of likely N-dealkylation sites (N-methyl/N-ethyl adjacent to an activating group) is 1. The van der Waals surface area contributed by atoms with E-state index < -0.39 is 43.4 Å². The molecule has 0 spiro atoms. The van der Waals surface area contributed by atoms with Crippen molar-refractivity contribution >= 4 is 21.8 Å². The van der Waals surface area contributed by atoms with Gasteiger partial charge in [-0.05, 0) is 74.8 Å². The molecule has 3 N–H and O–H groups in total. The number of carbonyl (C=O) groups is 2. The second kappa shape index (κ2) is 6.96. The van der Waals surface area contributed by atoms with Crippen LogP contribution in [0.15, 0.2) is 23.1 Å². The Kier molecular flexibility index (Phi) is 4.73. The summed E-state index contributed by atoms with van der Waals surface area (Å²) in [5.74, 6) is -2.68. The number of nitrogens with zero attached hydrogens (tertiary/aromatic N) is 1. The zero-order chi connectivity index (χ0) is 23.1. The molecule has 7 nitrogen and oxygen atoms in total. The van der Waals surface area contributed by atoms with Crippen molar-refractivity contribution in [1.29, 1.82) is 0 Å². The Balaban J connectivity index is 1.36. The highest BCUT2D eigenvalue weighted by Gasteiger charge is 2.61. The minimum Gasteiger partial charge on any atom is -0.369 e. The molecule has 174 valence electrons. The van der Waals surface area contributed by atoms with Crippen LogP contribution in [0.3, 0.4) is 0 Å². The maximum atomic E-state index is 14.2. The smallest absolute Gasteiger partial charge is 0.246 e. The first-order valence-corrected chi connectivity index (χ1v) is 12.5. The standard InChI is InChI=1S/C22H27F2N3O4S/c1-27(32(30,31)16-4-2-3-15(23)17(16)24)22(5-6-22)20(29)26-18-13-7-12-8-14(18)11-21(9-12,10-13)19(25)28/h2-4,12-14,18H,5-11H2,1H3,(H2,25,28)(H,26,29). The van der Waals surface area contributed by atoms with Crippen LogP contribution in [0.4, 0.5) is 8.78 Å². The van der Waals surface area contributed by atoms with Gasteiger partial charge in [0.2, 0.25) is 21.8 Å². The molecule has 5 aliphatic rings. The first-order chi connectivity index (χ1) is 15.0. The van der Waals surface area contributed by atoms with E-state index in [0.717, 1.165) is 41.8 Å². The molecule has 1 aromatic carbocycles. The summed E-state index contributed by atoms with van der Waals surface area (Å²) in [4.78, 5) is 24.7. The third-order valence-corrected chi connectivity index (χ3v) is 10.3. The predicted octanol–water partition coefficient (Wildman–Crippen LogP) is 1.91. The number of nitrogens with one attached hydrogen (secondary N) is 1. The Hall–Kier alpha value is -2.07. The number of rotatable bonds is 6. The first kappa shape index (κ1) is 21.8. The van der Waals surface area contributed by atoms with Crippen LogP contribution >= 0.6 is 0 Å². The SMILES string of the molecule is CN(C1(C(=O)NC2C3CC4CC2CC(C(N)=O)(C4)C3)CC1)S(=O)(=O)c1cccc(F)c1F. The van der Waals surface area contributed by atoms with E-state index in [1.54, 1.807) is 0 Å². The quantitative estimate of drug-likeness (QED) is 0.666. The largest absolute Gasteiger partial charge is 0.369 e. The Morgan fingerprint density at radius 3 is 2.31 bits per heavy atom. The number of nitrogens with two attached hydrogens (primary N) is 1. The van der Waals surface area contributed by atoms with Gasteiger partial charge in [0.1, 0.15) is 10.4 Å². The summed E-state index contributed by atoms with van der Waals surface area (Å²) in [6.07, 6.45) is 4.58. The fourth-order valence-electron chi connectivity index (χ4n) is 6.71. The van der Waals surface area contributed by atoms with Crippen LogP contribution in [-0.4, -0.2) is 43.2 Å². The molecule has 6 rings (SSSR count). The van der Waals surface area contributed by atoms with Crippen LogP contribution in [-0.2, 0) is 19.6 Å². The Morgan fingerprint density at radius 2 is 1.75 bits per heavy atom. The molecule has 2 atom stereocenters. The van der Waals surface area contributed by atoms with Gasteiger partial charge in [0.15, 0.2) is 11.6 Å². The molecule has 2 unspecified atom stereocenters. The summed E-state index contributed by atoms with van der Waals surface area (Å²) in [6, 6.07) is 2.84. The Morgan fingerprint density at radius 1 is 1.12 bits per heavy atom. The van der Waals surface area contributed by atoms with Crippen molar-refractivity contribution in [2.24, 2.45) is 28.9 Å². The summed E-state index contributed by atoms with van der Waals surface area (Å²) in [5.41, 5.74) is 3.93. The van der Waals surface area contributed by atoms with Crippen molar-refractivity contribution in [2.45, 2.75) is 61.4 Å². The van der Waals surface area contributed by atoms with Gasteiger partial charge in [-0.2, -0.15) is 4.31 Å².